The summed E-state index contributed by atoms with van der Waals surface area (Å²) in [5.74, 6) is 0.745. The number of nitrogens with zero attached hydrogens (tertiary/aromatic N) is 3. The maximum Gasteiger partial charge on any atom is 0.155 e. The van der Waals surface area contributed by atoms with Gasteiger partial charge in [0, 0.05) is 6.07 Å². The number of nitrogens with one attached hydrogen (secondary N) is 1. The Labute approximate surface area is 73.8 Å². The van der Waals surface area contributed by atoms with Crippen molar-refractivity contribution in [2.75, 3.05) is 0 Å². The van der Waals surface area contributed by atoms with Crippen molar-refractivity contribution in [2.24, 2.45) is 0 Å². The fraction of sp³-hybridized carbons (Fsp3) is 0.125. The highest BCUT2D eigenvalue weighted by atomic mass is 16.5. The number of hydrogen-bond donors (Lipinski definition) is 1. The molecule has 64 valence electrons. The Balaban J connectivity index is 2.30. The van der Waals surface area contributed by atoms with Crippen LogP contribution in [0.2, 0.25) is 0 Å². The van der Waals surface area contributed by atoms with Crippen LogP contribution in [-0.2, 0) is 6.61 Å². The number of hydrogen-bond acceptors (Lipinski definition) is 4. The molecule has 1 aliphatic rings. The van der Waals surface area contributed by atoms with E-state index in [9.17, 15) is 0 Å². The predicted molar refractivity (Wildman–Crippen MR) is 43.9 cm³/mol. The van der Waals surface area contributed by atoms with E-state index in [1.165, 1.54) is 0 Å². The van der Waals surface area contributed by atoms with Gasteiger partial charge in [0.2, 0.25) is 0 Å². The third kappa shape index (κ3) is 0.837. The Morgan fingerprint density at radius 3 is 3.38 bits per heavy atom. The molecule has 3 heterocycles. The van der Waals surface area contributed by atoms with E-state index in [2.05, 4.69) is 20.2 Å². The SMILES string of the molecule is c1cc2c(nn1)-c1nc[nH]c1CO2. The summed E-state index contributed by atoms with van der Waals surface area (Å²) in [5.41, 5.74) is 2.51. The molecule has 0 saturated carbocycles. The lowest BCUT2D eigenvalue weighted by Gasteiger charge is -2.13. The van der Waals surface area contributed by atoms with E-state index in [-0.39, 0.29) is 0 Å². The molecule has 3 rings (SSSR count). The largest absolute Gasteiger partial charge is 0.485 e. The number of rotatable bonds is 0. The molecule has 0 radical (unpaired) electrons. The van der Waals surface area contributed by atoms with Gasteiger partial charge >= 0.3 is 0 Å². The smallest absolute Gasteiger partial charge is 0.155 e. The molecule has 0 atom stereocenters. The fourth-order valence-electron chi connectivity index (χ4n) is 1.39. The van der Waals surface area contributed by atoms with E-state index in [0.29, 0.717) is 12.3 Å². The number of aromatic amines is 1. The molecule has 5 heteroatoms. The molecule has 2 aromatic heterocycles. The van der Waals surface area contributed by atoms with Crippen LogP contribution in [-0.4, -0.2) is 20.2 Å². The van der Waals surface area contributed by atoms with E-state index in [1.807, 2.05) is 0 Å². The van der Waals surface area contributed by atoms with Gasteiger partial charge in [0.1, 0.15) is 12.3 Å². The first-order chi connectivity index (χ1) is 6.45. The van der Waals surface area contributed by atoms with Crippen molar-refractivity contribution < 1.29 is 4.74 Å². The van der Waals surface area contributed by atoms with E-state index < -0.39 is 0 Å². The molecule has 13 heavy (non-hydrogen) atoms. The molecule has 2 aromatic rings. The van der Waals surface area contributed by atoms with Crippen LogP contribution in [0.3, 0.4) is 0 Å². The summed E-state index contributed by atoms with van der Waals surface area (Å²) in [6.07, 6.45) is 3.24. The Kier molecular flexibility index (Phi) is 1.16. The maximum atomic E-state index is 5.43. The second-order valence-corrected chi connectivity index (χ2v) is 2.76. The van der Waals surface area contributed by atoms with Crippen molar-refractivity contribution in [3.8, 4) is 17.1 Å². The van der Waals surface area contributed by atoms with Crippen LogP contribution >= 0.6 is 0 Å². The number of H-pyrrole nitrogens is 1. The molecule has 0 aromatic carbocycles. The number of aromatic nitrogens is 4. The molecule has 0 aliphatic carbocycles. The summed E-state index contributed by atoms with van der Waals surface area (Å²) in [6, 6.07) is 1.79. The van der Waals surface area contributed by atoms with Crippen molar-refractivity contribution in [1.29, 1.82) is 0 Å². The molecule has 0 unspecified atom stereocenters. The van der Waals surface area contributed by atoms with Gasteiger partial charge in [-0.2, -0.15) is 5.10 Å². The van der Waals surface area contributed by atoms with E-state index in [4.69, 9.17) is 4.74 Å². The Bertz CT molecular complexity index is 451. The molecule has 0 amide bonds. The molecule has 5 nitrogen and oxygen atoms in total. The monoisotopic (exact) mass is 174 g/mol. The van der Waals surface area contributed by atoms with Gasteiger partial charge in [-0.3, -0.25) is 0 Å². The fourth-order valence-corrected chi connectivity index (χ4v) is 1.39. The van der Waals surface area contributed by atoms with E-state index in [1.54, 1.807) is 18.6 Å². The van der Waals surface area contributed by atoms with Crippen molar-refractivity contribution in [3.05, 3.63) is 24.3 Å². The molecule has 0 bridgehead atoms. The zero-order chi connectivity index (χ0) is 8.67. The Morgan fingerprint density at radius 2 is 2.38 bits per heavy atom. The molecule has 0 spiro atoms. The normalized spacial score (nSPS) is 12.9. The lowest BCUT2D eigenvalue weighted by Crippen LogP contribution is -2.06. The van der Waals surface area contributed by atoms with Gasteiger partial charge in [0.05, 0.1) is 18.2 Å². The molecular weight excluding hydrogens is 168 g/mol. The van der Waals surface area contributed by atoms with Crippen molar-refractivity contribution >= 4 is 0 Å². The standard InChI is InChI=1S/C8H6N4O/c1-2-11-12-8-6(1)13-3-5-7(8)10-4-9-5/h1-2,4H,3H2,(H,9,10). The third-order valence-corrected chi connectivity index (χ3v) is 2.00. The number of ether oxygens (including phenoxy) is 1. The molecular formula is C8H6N4O. The van der Waals surface area contributed by atoms with Gasteiger partial charge in [-0.1, -0.05) is 0 Å². The summed E-state index contributed by atoms with van der Waals surface area (Å²) < 4.78 is 5.43. The lowest BCUT2D eigenvalue weighted by molar-refractivity contribution is 0.295. The van der Waals surface area contributed by atoms with Crippen LogP contribution in [0.1, 0.15) is 5.69 Å². The Morgan fingerprint density at radius 1 is 1.38 bits per heavy atom. The summed E-state index contributed by atoms with van der Waals surface area (Å²) in [6.45, 7) is 0.522. The molecule has 0 saturated heterocycles. The summed E-state index contributed by atoms with van der Waals surface area (Å²) in [7, 11) is 0. The molecule has 0 fully saturated rings. The third-order valence-electron chi connectivity index (χ3n) is 2.00. The second kappa shape index (κ2) is 2.29. The van der Waals surface area contributed by atoms with Crippen LogP contribution in [0.4, 0.5) is 0 Å². The van der Waals surface area contributed by atoms with Gasteiger partial charge in [-0.15, -0.1) is 5.10 Å². The zero-order valence-electron chi connectivity index (χ0n) is 6.69. The lowest BCUT2D eigenvalue weighted by atomic mass is 10.2. The van der Waals surface area contributed by atoms with E-state index >= 15 is 0 Å². The van der Waals surface area contributed by atoms with Gasteiger partial charge in [-0.25, -0.2) is 4.98 Å². The Hall–Kier alpha value is -1.91. The van der Waals surface area contributed by atoms with Crippen molar-refractivity contribution in [1.82, 2.24) is 20.2 Å². The van der Waals surface area contributed by atoms with Crippen molar-refractivity contribution in [2.45, 2.75) is 6.61 Å². The summed E-state index contributed by atoms with van der Waals surface area (Å²) in [5, 5.41) is 7.77. The first kappa shape index (κ1) is 6.59. The highest BCUT2D eigenvalue weighted by molar-refractivity contribution is 5.65. The minimum absolute atomic E-state index is 0.522. The quantitative estimate of drug-likeness (QED) is 0.640. The minimum Gasteiger partial charge on any atom is -0.485 e. The first-order valence-electron chi connectivity index (χ1n) is 3.92. The maximum absolute atomic E-state index is 5.43. The molecule has 1 N–H and O–H groups in total. The predicted octanol–water partition coefficient (Wildman–Crippen LogP) is 0.759. The average molecular weight is 174 g/mol. The average Bonchev–Trinajstić information content (AvgIpc) is 2.65. The highest BCUT2D eigenvalue weighted by Gasteiger charge is 2.20. The van der Waals surface area contributed by atoms with Gasteiger partial charge in [-0.05, 0) is 0 Å². The number of imidazole rings is 1. The van der Waals surface area contributed by atoms with Crippen LogP contribution in [0, 0.1) is 0 Å². The van der Waals surface area contributed by atoms with Crippen LogP contribution in [0.15, 0.2) is 18.6 Å². The number of fused-ring (bicyclic) bond motifs is 3. The van der Waals surface area contributed by atoms with Crippen LogP contribution in [0.25, 0.3) is 11.4 Å². The highest BCUT2D eigenvalue weighted by Crippen LogP contribution is 2.32. The van der Waals surface area contributed by atoms with Crippen LogP contribution < -0.4 is 4.74 Å². The van der Waals surface area contributed by atoms with Gasteiger partial charge < -0.3 is 9.72 Å². The summed E-state index contributed by atoms with van der Waals surface area (Å²) >= 11 is 0. The summed E-state index contributed by atoms with van der Waals surface area (Å²) in [4.78, 5) is 7.15. The molecule has 1 aliphatic heterocycles. The van der Waals surface area contributed by atoms with Crippen LogP contribution in [0.5, 0.6) is 5.75 Å². The minimum atomic E-state index is 0.522. The van der Waals surface area contributed by atoms with Crippen molar-refractivity contribution in [3.63, 3.8) is 0 Å². The van der Waals surface area contributed by atoms with E-state index in [0.717, 1.165) is 17.1 Å². The first-order valence-corrected chi connectivity index (χ1v) is 3.92. The van der Waals surface area contributed by atoms with Gasteiger partial charge in [0.25, 0.3) is 0 Å². The second-order valence-electron chi connectivity index (χ2n) is 2.76. The van der Waals surface area contributed by atoms with Gasteiger partial charge in [0.15, 0.2) is 11.4 Å². The zero-order valence-corrected chi connectivity index (χ0v) is 6.69. The topological polar surface area (TPSA) is 63.7 Å².